The monoisotopic (exact) mass is 952 g/mol. The largest absolute Gasteiger partial charge is 0.493 e. The van der Waals surface area contributed by atoms with Gasteiger partial charge in [-0.2, -0.15) is 0 Å². The van der Waals surface area contributed by atoms with Crippen molar-refractivity contribution in [1.29, 1.82) is 0 Å². The molecule has 0 saturated carbocycles. The molecular formula is C53H76O8Si4. The van der Waals surface area contributed by atoms with Crippen molar-refractivity contribution < 1.29 is 37.9 Å². The van der Waals surface area contributed by atoms with Gasteiger partial charge in [0.2, 0.25) is 0 Å². The second kappa shape index (κ2) is 31.2. The third kappa shape index (κ3) is 17.4. The van der Waals surface area contributed by atoms with Crippen LogP contribution in [0.25, 0.3) is 0 Å². The SMILES string of the molecule is COc1cccc([Si]CCCCCC(CCCCC[Si]c2cccc(OC)c2OC)(CCCCC[Si]c2cccc(OC)c2OC)CCCCC[Si]c2cccc(OC)c2OC)c1OC. The molecule has 0 fully saturated rings. The zero-order valence-electron chi connectivity index (χ0n) is 40.8. The highest BCUT2D eigenvalue weighted by Gasteiger charge is 2.28. The van der Waals surface area contributed by atoms with Crippen molar-refractivity contribution in [2.45, 2.75) is 127 Å². The van der Waals surface area contributed by atoms with Gasteiger partial charge in [-0.3, -0.25) is 0 Å². The van der Waals surface area contributed by atoms with E-state index < -0.39 is 0 Å². The summed E-state index contributed by atoms with van der Waals surface area (Å²) in [5.74, 6) is 6.85. The van der Waals surface area contributed by atoms with Gasteiger partial charge in [0.15, 0.2) is 46.0 Å². The fraction of sp³-hybridized carbons (Fsp3) is 0.547. The highest BCUT2D eigenvalue weighted by molar-refractivity contribution is 6.56. The van der Waals surface area contributed by atoms with Crippen LogP contribution >= 0.6 is 0 Å². The van der Waals surface area contributed by atoms with Crippen molar-refractivity contribution in [2.75, 3.05) is 56.9 Å². The Morgan fingerprint density at radius 2 is 0.523 bits per heavy atom. The van der Waals surface area contributed by atoms with Crippen LogP contribution in [0.5, 0.6) is 46.0 Å². The van der Waals surface area contributed by atoms with Crippen molar-refractivity contribution in [3.05, 3.63) is 72.8 Å². The maximum absolute atomic E-state index is 5.75. The Balaban J connectivity index is 1.40. The van der Waals surface area contributed by atoms with E-state index in [9.17, 15) is 0 Å². The zero-order valence-corrected chi connectivity index (χ0v) is 44.8. The average Bonchev–Trinajstić information content (AvgIpc) is 3.34. The third-order valence-electron chi connectivity index (χ3n) is 12.4. The summed E-state index contributed by atoms with van der Waals surface area (Å²) < 4.78 is 45.4. The molecule has 0 aliphatic carbocycles. The lowest BCUT2D eigenvalue weighted by Crippen LogP contribution is -2.22. The molecule has 0 atom stereocenters. The van der Waals surface area contributed by atoms with Crippen LogP contribution in [-0.2, 0) is 0 Å². The van der Waals surface area contributed by atoms with E-state index in [1.54, 1.807) is 56.9 Å². The van der Waals surface area contributed by atoms with Crippen LogP contribution in [0.4, 0.5) is 0 Å². The molecule has 12 heteroatoms. The van der Waals surface area contributed by atoms with Gasteiger partial charge in [0, 0.05) is 0 Å². The molecular weight excluding hydrogens is 877 g/mol. The minimum atomic E-state index is 0.382. The molecule has 352 valence electrons. The molecule has 4 rings (SSSR count). The molecule has 4 aromatic rings. The first kappa shape index (κ1) is 53.8. The summed E-state index contributed by atoms with van der Waals surface area (Å²) in [6.07, 6.45) is 20.6. The van der Waals surface area contributed by atoms with Gasteiger partial charge in [-0.15, -0.1) is 0 Å². The van der Waals surface area contributed by atoms with Crippen LogP contribution in [0.15, 0.2) is 72.8 Å². The molecule has 0 amide bonds. The summed E-state index contributed by atoms with van der Waals surface area (Å²) in [5, 5.41) is 5.07. The first-order valence-corrected chi connectivity index (χ1v) is 28.5. The van der Waals surface area contributed by atoms with Crippen molar-refractivity contribution in [1.82, 2.24) is 0 Å². The van der Waals surface area contributed by atoms with Crippen LogP contribution in [0.3, 0.4) is 0 Å². The number of hydrogen-bond acceptors (Lipinski definition) is 8. The second-order valence-corrected chi connectivity index (χ2v) is 22.2. The van der Waals surface area contributed by atoms with Crippen LogP contribution in [0, 0.1) is 5.41 Å². The quantitative estimate of drug-likeness (QED) is 0.0330. The highest BCUT2D eigenvalue weighted by Crippen LogP contribution is 2.42. The first-order valence-electron chi connectivity index (χ1n) is 23.7. The van der Waals surface area contributed by atoms with Gasteiger partial charge >= 0.3 is 0 Å². The zero-order chi connectivity index (χ0) is 46.5. The highest BCUT2D eigenvalue weighted by atomic mass is 28.2. The number of para-hydroxylation sites is 4. The first-order chi connectivity index (χ1) is 31.9. The van der Waals surface area contributed by atoms with Gasteiger partial charge in [0.1, 0.15) is 0 Å². The Hall–Kier alpha value is -3.85. The molecule has 0 heterocycles. The van der Waals surface area contributed by atoms with Gasteiger partial charge in [0.25, 0.3) is 0 Å². The van der Waals surface area contributed by atoms with Gasteiger partial charge in [0.05, 0.1) is 95.0 Å². The number of hydrogen-bond donors (Lipinski definition) is 0. The summed E-state index contributed by atoms with van der Waals surface area (Å²) in [4.78, 5) is 0. The smallest absolute Gasteiger partial charge is 0.160 e. The summed E-state index contributed by atoms with van der Waals surface area (Å²) in [6, 6.07) is 29.8. The number of methoxy groups -OCH3 is 8. The normalized spacial score (nSPS) is 11.3. The van der Waals surface area contributed by atoms with Crippen LogP contribution < -0.4 is 58.6 Å². The van der Waals surface area contributed by atoms with Crippen LogP contribution in [0.2, 0.25) is 24.2 Å². The minimum Gasteiger partial charge on any atom is -0.493 e. The number of rotatable bonds is 36. The molecule has 0 N–H and O–H groups in total. The predicted molar refractivity (Wildman–Crippen MR) is 275 cm³/mol. The van der Waals surface area contributed by atoms with E-state index >= 15 is 0 Å². The maximum Gasteiger partial charge on any atom is 0.160 e. The topological polar surface area (TPSA) is 73.8 Å². The van der Waals surface area contributed by atoms with E-state index in [4.69, 9.17) is 37.9 Å². The van der Waals surface area contributed by atoms with Gasteiger partial charge in [-0.1, -0.05) is 150 Å². The van der Waals surface area contributed by atoms with Crippen LogP contribution in [-0.4, -0.2) is 95.0 Å². The third-order valence-corrected chi connectivity index (χ3v) is 17.9. The van der Waals surface area contributed by atoms with E-state index in [2.05, 4.69) is 48.5 Å². The molecule has 8 radical (unpaired) electrons. The Labute approximate surface area is 402 Å². The van der Waals surface area contributed by atoms with Gasteiger partial charge < -0.3 is 37.9 Å². The van der Waals surface area contributed by atoms with Crippen molar-refractivity contribution in [3.63, 3.8) is 0 Å². The Kier molecular flexibility index (Phi) is 25.8. The second-order valence-electron chi connectivity index (χ2n) is 16.6. The van der Waals surface area contributed by atoms with E-state index in [0.29, 0.717) is 5.41 Å². The number of ether oxygens (including phenoxy) is 8. The summed E-state index contributed by atoms with van der Waals surface area (Å²) in [5.41, 5.74) is 0.382. The molecule has 8 nitrogen and oxygen atoms in total. The fourth-order valence-electron chi connectivity index (χ4n) is 8.95. The Morgan fingerprint density at radius 1 is 0.292 bits per heavy atom. The molecule has 0 saturated heterocycles. The van der Waals surface area contributed by atoms with Crippen LogP contribution in [0.1, 0.15) is 103 Å². The van der Waals surface area contributed by atoms with Gasteiger partial charge in [-0.25, -0.2) is 0 Å². The molecule has 0 aliphatic rings. The molecule has 0 spiro atoms. The van der Waals surface area contributed by atoms with Crippen molar-refractivity contribution in [3.8, 4) is 46.0 Å². The predicted octanol–water partition coefficient (Wildman–Crippen LogP) is 10.1. The molecule has 0 aromatic heterocycles. The van der Waals surface area contributed by atoms with Gasteiger partial charge in [-0.05, 0) is 76.1 Å². The minimum absolute atomic E-state index is 0.382. The lowest BCUT2D eigenvalue weighted by Gasteiger charge is -2.35. The lowest BCUT2D eigenvalue weighted by atomic mass is 9.70. The number of unbranched alkanes of at least 4 members (excludes halogenated alkanes) is 8. The van der Waals surface area contributed by atoms with E-state index in [1.807, 2.05) is 24.3 Å². The van der Waals surface area contributed by atoms with E-state index in [-0.39, 0.29) is 0 Å². The Morgan fingerprint density at radius 3 is 0.723 bits per heavy atom. The van der Waals surface area contributed by atoms with E-state index in [0.717, 1.165) is 84.1 Å². The summed E-state index contributed by atoms with van der Waals surface area (Å²) in [6.45, 7) is 0. The summed E-state index contributed by atoms with van der Waals surface area (Å²) >= 11 is 0. The number of benzene rings is 4. The molecule has 0 bridgehead atoms. The van der Waals surface area contributed by atoms with E-state index in [1.165, 1.54) is 148 Å². The maximum atomic E-state index is 5.75. The van der Waals surface area contributed by atoms with Crippen molar-refractivity contribution in [2.24, 2.45) is 5.41 Å². The molecule has 4 aromatic carbocycles. The summed E-state index contributed by atoms with van der Waals surface area (Å²) in [7, 11) is 16.8. The average molecular weight is 954 g/mol. The lowest BCUT2D eigenvalue weighted by molar-refractivity contribution is 0.173. The Bertz CT molecular complexity index is 1650. The standard InChI is InChI=1S/C53H76O8Si4/c1-54-41-25-21-29-45(49(41)58-5)62-37-17-9-13-33-53(34-14-10-18-38-63-46-30-22-26-42(55-2)50(46)59-6,35-15-11-19-39-64-47-31-23-27-43(56-3)51(47)60-7)36-16-12-20-40-65-48-32-24-28-44(57-4)52(48)61-8/h21-32H,9-20,33-40H2,1-8H3. The molecule has 65 heavy (non-hydrogen) atoms. The fourth-order valence-corrected chi connectivity index (χ4v) is 14.1. The van der Waals surface area contributed by atoms with Crippen molar-refractivity contribution >= 4 is 58.8 Å². The molecule has 0 unspecified atom stereocenters. The molecule has 0 aliphatic heterocycles.